The number of hydrogen-bond donors (Lipinski definition) is 1. The van der Waals surface area contributed by atoms with Crippen molar-refractivity contribution in [3.8, 4) is 0 Å². The summed E-state index contributed by atoms with van der Waals surface area (Å²) in [5, 5.41) is 5.26. The predicted molar refractivity (Wildman–Crippen MR) is 40.7 cm³/mol. The van der Waals surface area contributed by atoms with Gasteiger partial charge in [-0.2, -0.15) is 5.06 Å². The highest BCUT2D eigenvalue weighted by Crippen LogP contribution is 2.07. The summed E-state index contributed by atoms with van der Waals surface area (Å²) in [6, 6.07) is 0.631. The van der Waals surface area contributed by atoms with Gasteiger partial charge in [0.1, 0.15) is 0 Å². The highest BCUT2D eigenvalue weighted by atomic mass is 16.7. The van der Waals surface area contributed by atoms with Gasteiger partial charge in [0.15, 0.2) is 0 Å². The van der Waals surface area contributed by atoms with Crippen LogP contribution in [-0.2, 0) is 4.84 Å². The molecule has 1 aliphatic rings. The molecule has 0 spiro atoms. The molecule has 1 heterocycles. The third-order valence-corrected chi connectivity index (χ3v) is 1.87. The SMILES string of the molecule is CCON1CCC(NC)C1. The molecule has 1 N–H and O–H groups in total. The summed E-state index contributed by atoms with van der Waals surface area (Å²) in [6.07, 6.45) is 1.20. The Morgan fingerprint density at radius 1 is 1.70 bits per heavy atom. The molecule has 1 unspecified atom stereocenters. The molecule has 1 saturated heterocycles. The maximum Gasteiger partial charge on any atom is 0.0656 e. The van der Waals surface area contributed by atoms with Crippen LogP contribution < -0.4 is 5.32 Å². The standard InChI is InChI=1S/C7H16N2O/c1-3-10-9-5-4-7(6-9)8-2/h7-8H,3-6H2,1-2H3. The molecule has 1 fully saturated rings. The Morgan fingerprint density at radius 3 is 3.00 bits per heavy atom. The van der Waals surface area contributed by atoms with E-state index in [1.54, 1.807) is 0 Å². The maximum absolute atomic E-state index is 5.33. The Bertz CT molecular complexity index is 97.6. The Kier molecular flexibility index (Phi) is 3.12. The van der Waals surface area contributed by atoms with Gasteiger partial charge in [0.25, 0.3) is 0 Å². The summed E-state index contributed by atoms with van der Waals surface area (Å²) in [6.45, 7) is 4.91. The van der Waals surface area contributed by atoms with E-state index in [4.69, 9.17) is 4.84 Å². The van der Waals surface area contributed by atoms with E-state index in [-0.39, 0.29) is 0 Å². The molecule has 1 atom stereocenters. The van der Waals surface area contributed by atoms with E-state index in [9.17, 15) is 0 Å². The monoisotopic (exact) mass is 144 g/mol. The second-order valence-electron chi connectivity index (χ2n) is 2.58. The zero-order valence-corrected chi connectivity index (χ0v) is 6.76. The predicted octanol–water partition coefficient (Wildman–Crippen LogP) is 0.232. The second kappa shape index (κ2) is 3.91. The van der Waals surface area contributed by atoms with Crippen molar-refractivity contribution in [1.82, 2.24) is 10.4 Å². The lowest BCUT2D eigenvalue weighted by molar-refractivity contribution is -0.138. The van der Waals surface area contributed by atoms with E-state index in [0.29, 0.717) is 6.04 Å². The third kappa shape index (κ3) is 1.94. The minimum absolute atomic E-state index is 0.631. The number of nitrogens with one attached hydrogen (secondary N) is 1. The van der Waals surface area contributed by atoms with Crippen molar-refractivity contribution in [2.24, 2.45) is 0 Å². The van der Waals surface area contributed by atoms with Crippen LogP contribution in [0.15, 0.2) is 0 Å². The lowest BCUT2D eigenvalue weighted by Crippen LogP contribution is -2.29. The van der Waals surface area contributed by atoms with E-state index >= 15 is 0 Å². The summed E-state index contributed by atoms with van der Waals surface area (Å²) >= 11 is 0. The molecule has 0 aromatic rings. The molecule has 0 aromatic heterocycles. The van der Waals surface area contributed by atoms with Gasteiger partial charge in [-0.25, -0.2) is 0 Å². The highest BCUT2D eigenvalue weighted by Gasteiger charge is 2.20. The summed E-state index contributed by atoms with van der Waals surface area (Å²) in [4.78, 5) is 5.33. The van der Waals surface area contributed by atoms with Crippen LogP contribution in [-0.4, -0.2) is 37.8 Å². The van der Waals surface area contributed by atoms with Crippen LogP contribution in [0.5, 0.6) is 0 Å². The van der Waals surface area contributed by atoms with E-state index in [2.05, 4.69) is 5.32 Å². The molecule has 0 amide bonds. The number of likely N-dealkylation sites (N-methyl/N-ethyl adjacent to an activating group) is 1. The van der Waals surface area contributed by atoms with Gasteiger partial charge in [-0.1, -0.05) is 0 Å². The second-order valence-corrected chi connectivity index (χ2v) is 2.58. The fourth-order valence-corrected chi connectivity index (χ4v) is 1.26. The summed E-state index contributed by atoms with van der Waals surface area (Å²) < 4.78 is 0. The van der Waals surface area contributed by atoms with Crippen molar-refractivity contribution in [3.05, 3.63) is 0 Å². The van der Waals surface area contributed by atoms with Crippen molar-refractivity contribution in [2.75, 3.05) is 26.7 Å². The van der Waals surface area contributed by atoms with Crippen LogP contribution in [0.4, 0.5) is 0 Å². The molecule has 3 heteroatoms. The molecular weight excluding hydrogens is 128 g/mol. The van der Waals surface area contributed by atoms with Crippen molar-refractivity contribution in [2.45, 2.75) is 19.4 Å². The first kappa shape index (κ1) is 7.98. The zero-order chi connectivity index (χ0) is 7.40. The van der Waals surface area contributed by atoms with Crippen molar-refractivity contribution < 1.29 is 4.84 Å². The van der Waals surface area contributed by atoms with Crippen LogP contribution in [0.25, 0.3) is 0 Å². The zero-order valence-electron chi connectivity index (χ0n) is 6.76. The molecular formula is C7H16N2O. The smallest absolute Gasteiger partial charge is 0.0656 e. The maximum atomic E-state index is 5.33. The van der Waals surface area contributed by atoms with Crippen molar-refractivity contribution in [3.63, 3.8) is 0 Å². The van der Waals surface area contributed by atoms with Crippen molar-refractivity contribution >= 4 is 0 Å². The number of hydroxylamine groups is 2. The van der Waals surface area contributed by atoms with Gasteiger partial charge in [-0.15, -0.1) is 0 Å². The largest absolute Gasteiger partial charge is 0.316 e. The molecule has 60 valence electrons. The molecule has 10 heavy (non-hydrogen) atoms. The summed E-state index contributed by atoms with van der Waals surface area (Å²) in [5.41, 5.74) is 0. The average molecular weight is 144 g/mol. The Hall–Kier alpha value is -0.120. The van der Waals surface area contributed by atoms with Crippen LogP contribution >= 0.6 is 0 Å². The van der Waals surface area contributed by atoms with E-state index < -0.39 is 0 Å². The van der Waals surface area contributed by atoms with Crippen LogP contribution in [0, 0.1) is 0 Å². The van der Waals surface area contributed by atoms with E-state index in [1.807, 2.05) is 19.0 Å². The third-order valence-electron chi connectivity index (χ3n) is 1.87. The Labute approximate surface area is 62.3 Å². The topological polar surface area (TPSA) is 24.5 Å². The quantitative estimate of drug-likeness (QED) is 0.613. The first-order valence-corrected chi connectivity index (χ1v) is 3.92. The van der Waals surface area contributed by atoms with Gasteiger partial charge in [0.05, 0.1) is 6.61 Å². The number of rotatable bonds is 3. The van der Waals surface area contributed by atoms with Crippen LogP contribution in [0.1, 0.15) is 13.3 Å². The number of hydrogen-bond acceptors (Lipinski definition) is 3. The van der Waals surface area contributed by atoms with Crippen LogP contribution in [0.2, 0.25) is 0 Å². The van der Waals surface area contributed by atoms with Gasteiger partial charge >= 0.3 is 0 Å². The first-order valence-electron chi connectivity index (χ1n) is 3.92. The molecule has 0 aromatic carbocycles. The van der Waals surface area contributed by atoms with Crippen molar-refractivity contribution in [1.29, 1.82) is 0 Å². The lowest BCUT2D eigenvalue weighted by atomic mass is 10.3. The normalized spacial score (nSPS) is 27.6. The molecule has 3 nitrogen and oxygen atoms in total. The Morgan fingerprint density at radius 2 is 2.50 bits per heavy atom. The summed E-state index contributed by atoms with van der Waals surface area (Å²) in [7, 11) is 2.00. The fourth-order valence-electron chi connectivity index (χ4n) is 1.26. The average Bonchev–Trinajstić information content (AvgIpc) is 2.37. The van der Waals surface area contributed by atoms with Gasteiger partial charge in [0, 0.05) is 19.1 Å². The fraction of sp³-hybridized carbons (Fsp3) is 1.00. The Balaban J connectivity index is 2.15. The minimum Gasteiger partial charge on any atom is -0.316 e. The molecule has 1 aliphatic heterocycles. The van der Waals surface area contributed by atoms with E-state index in [0.717, 1.165) is 19.7 Å². The van der Waals surface area contributed by atoms with Gasteiger partial charge < -0.3 is 5.32 Å². The molecule has 0 radical (unpaired) electrons. The highest BCUT2D eigenvalue weighted by molar-refractivity contribution is 4.74. The molecule has 0 aliphatic carbocycles. The van der Waals surface area contributed by atoms with Crippen LogP contribution in [0.3, 0.4) is 0 Å². The first-order chi connectivity index (χ1) is 4.86. The lowest BCUT2D eigenvalue weighted by Gasteiger charge is -2.13. The summed E-state index contributed by atoms with van der Waals surface area (Å²) in [5.74, 6) is 0. The van der Waals surface area contributed by atoms with E-state index in [1.165, 1.54) is 6.42 Å². The minimum atomic E-state index is 0.631. The molecule has 1 rings (SSSR count). The molecule has 0 saturated carbocycles. The van der Waals surface area contributed by atoms with Gasteiger partial charge in [-0.05, 0) is 20.4 Å². The van der Waals surface area contributed by atoms with Gasteiger partial charge in [-0.3, -0.25) is 4.84 Å². The number of nitrogens with zero attached hydrogens (tertiary/aromatic N) is 1. The van der Waals surface area contributed by atoms with Gasteiger partial charge in [0.2, 0.25) is 0 Å². The molecule has 0 bridgehead atoms.